The van der Waals surface area contributed by atoms with Crippen LogP contribution in [0.5, 0.6) is 5.75 Å². The Morgan fingerprint density at radius 2 is 1.95 bits per heavy atom. The predicted octanol–water partition coefficient (Wildman–Crippen LogP) is 4.94. The lowest BCUT2D eigenvalue weighted by Gasteiger charge is -2.22. The average molecular weight is 536 g/mol. The molecule has 0 bridgehead atoms. The number of halogens is 3. The second-order valence-electron chi connectivity index (χ2n) is 8.64. The summed E-state index contributed by atoms with van der Waals surface area (Å²) in [6.07, 6.45) is -0.464. The highest BCUT2D eigenvalue weighted by molar-refractivity contribution is 7.14. The van der Waals surface area contributed by atoms with E-state index in [0.29, 0.717) is 34.8 Å². The molecule has 37 heavy (non-hydrogen) atoms. The summed E-state index contributed by atoms with van der Waals surface area (Å²) >= 11 is 1.44. The van der Waals surface area contributed by atoms with E-state index in [-0.39, 0.29) is 18.2 Å². The van der Waals surface area contributed by atoms with Crippen molar-refractivity contribution < 1.29 is 32.6 Å². The number of nitrogens with one attached hydrogen (secondary N) is 1. The number of aryl methyl sites for hydroxylation is 1. The maximum Gasteiger partial charge on any atom is 0.451 e. The SMILES string of the molecule is Cc1cnc(-c2cc(OC[C@@H]3CCCN3C(=O)O)cc(C(=O)NC(C)c3cnc(C(F)(F)F)nc3)c2)s1. The minimum Gasteiger partial charge on any atom is -0.491 e. The van der Waals surface area contributed by atoms with Crippen LogP contribution < -0.4 is 10.1 Å². The summed E-state index contributed by atoms with van der Waals surface area (Å²) in [7, 11) is 0. The fourth-order valence-corrected chi connectivity index (χ4v) is 4.70. The van der Waals surface area contributed by atoms with E-state index in [4.69, 9.17) is 4.74 Å². The van der Waals surface area contributed by atoms with Crippen molar-refractivity contribution in [2.45, 2.75) is 44.9 Å². The molecule has 3 heterocycles. The van der Waals surface area contributed by atoms with Gasteiger partial charge in [0.05, 0.1) is 12.1 Å². The zero-order valence-electron chi connectivity index (χ0n) is 20.0. The number of benzene rings is 1. The van der Waals surface area contributed by atoms with Crippen molar-refractivity contribution in [2.24, 2.45) is 0 Å². The number of thiazole rings is 1. The van der Waals surface area contributed by atoms with Gasteiger partial charge < -0.3 is 20.1 Å². The summed E-state index contributed by atoms with van der Waals surface area (Å²) in [6.45, 7) is 4.09. The Morgan fingerprint density at radius 1 is 1.22 bits per heavy atom. The highest BCUT2D eigenvalue weighted by atomic mass is 32.1. The third-order valence-corrected chi connectivity index (χ3v) is 6.84. The van der Waals surface area contributed by atoms with Gasteiger partial charge in [-0.15, -0.1) is 11.3 Å². The first-order valence-corrected chi connectivity index (χ1v) is 12.2. The van der Waals surface area contributed by atoms with Gasteiger partial charge in [-0.1, -0.05) is 0 Å². The van der Waals surface area contributed by atoms with Crippen molar-refractivity contribution in [2.75, 3.05) is 13.2 Å². The minimum atomic E-state index is -4.66. The van der Waals surface area contributed by atoms with Crippen LogP contribution in [0.1, 0.15) is 52.4 Å². The number of rotatable bonds is 7. The van der Waals surface area contributed by atoms with Crippen LogP contribution in [0.15, 0.2) is 36.8 Å². The molecule has 1 fully saturated rings. The molecule has 2 aromatic heterocycles. The van der Waals surface area contributed by atoms with Crippen molar-refractivity contribution in [3.8, 4) is 16.3 Å². The first-order valence-electron chi connectivity index (χ1n) is 11.4. The van der Waals surface area contributed by atoms with Gasteiger partial charge in [-0.2, -0.15) is 13.2 Å². The number of aromatic nitrogens is 3. The van der Waals surface area contributed by atoms with E-state index in [1.807, 2.05) is 6.92 Å². The Kier molecular flexibility index (Phi) is 7.62. The van der Waals surface area contributed by atoms with Crippen LogP contribution in [0.2, 0.25) is 0 Å². The van der Waals surface area contributed by atoms with Gasteiger partial charge >= 0.3 is 12.3 Å². The minimum absolute atomic E-state index is 0.132. The Labute approximate surface area is 214 Å². The number of ether oxygens (including phenoxy) is 1. The second-order valence-corrected chi connectivity index (χ2v) is 9.87. The van der Waals surface area contributed by atoms with Gasteiger partial charge in [0.15, 0.2) is 0 Å². The second kappa shape index (κ2) is 10.7. The van der Waals surface area contributed by atoms with Crippen molar-refractivity contribution in [3.63, 3.8) is 0 Å². The predicted molar refractivity (Wildman–Crippen MR) is 128 cm³/mol. The van der Waals surface area contributed by atoms with E-state index in [1.54, 1.807) is 25.3 Å². The largest absolute Gasteiger partial charge is 0.491 e. The van der Waals surface area contributed by atoms with E-state index in [0.717, 1.165) is 23.7 Å². The number of hydrogen-bond acceptors (Lipinski definition) is 7. The van der Waals surface area contributed by atoms with Gasteiger partial charge in [0, 0.05) is 46.7 Å². The lowest BCUT2D eigenvalue weighted by atomic mass is 10.1. The number of likely N-dealkylation sites (tertiary alicyclic amines) is 1. The van der Waals surface area contributed by atoms with Gasteiger partial charge in [0.2, 0.25) is 5.82 Å². The summed E-state index contributed by atoms with van der Waals surface area (Å²) < 4.78 is 44.2. The van der Waals surface area contributed by atoms with Gasteiger partial charge in [0.25, 0.3) is 5.91 Å². The van der Waals surface area contributed by atoms with E-state index in [2.05, 4.69) is 20.3 Å². The number of carboxylic acid groups (broad SMARTS) is 1. The standard InChI is InChI=1S/C24H24F3N5O4S/c1-13-9-28-21(37-13)16-6-15(7-19(8-16)36-12-18-4-3-5-32(18)23(34)35)20(33)31-14(2)17-10-29-22(30-11-17)24(25,26)27/h6-11,14,18H,3-5,12H2,1-2H3,(H,31,33)(H,34,35)/t14?,18-/m0/s1. The monoisotopic (exact) mass is 535 g/mol. The summed E-state index contributed by atoms with van der Waals surface area (Å²) in [6, 6.07) is 3.96. The van der Waals surface area contributed by atoms with Crippen LogP contribution in [0.3, 0.4) is 0 Å². The molecular formula is C24H24F3N5O4S. The molecule has 3 aromatic rings. The molecule has 0 aliphatic carbocycles. The van der Waals surface area contributed by atoms with Gasteiger partial charge in [-0.05, 0) is 44.9 Å². The third-order valence-electron chi connectivity index (χ3n) is 5.88. The zero-order chi connectivity index (χ0) is 26.7. The molecule has 2 atom stereocenters. The number of amides is 2. The first-order chi connectivity index (χ1) is 17.5. The maximum atomic E-state index is 13.1. The zero-order valence-corrected chi connectivity index (χ0v) is 20.8. The maximum absolute atomic E-state index is 13.1. The van der Waals surface area contributed by atoms with Crippen LogP contribution >= 0.6 is 11.3 Å². The molecule has 2 N–H and O–H groups in total. The molecule has 0 radical (unpaired) electrons. The first kappa shape index (κ1) is 26.3. The Hall–Kier alpha value is -3.74. The lowest BCUT2D eigenvalue weighted by molar-refractivity contribution is -0.145. The van der Waals surface area contributed by atoms with Crippen LogP contribution in [0, 0.1) is 6.92 Å². The molecule has 1 unspecified atom stereocenters. The molecule has 0 saturated carbocycles. The topological polar surface area (TPSA) is 118 Å². The number of alkyl halides is 3. The van der Waals surface area contributed by atoms with Crippen LogP contribution in [-0.4, -0.2) is 56.2 Å². The highest BCUT2D eigenvalue weighted by Crippen LogP contribution is 2.31. The highest BCUT2D eigenvalue weighted by Gasteiger charge is 2.34. The number of hydrogen-bond donors (Lipinski definition) is 2. The summed E-state index contributed by atoms with van der Waals surface area (Å²) in [5.74, 6) is -1.37. The van der Waals surface area contributed by atoms with Gasteiger partial charge in [-0.3, -0.25) is 4.79 Å². The average Bonchev–Trinajstić information content (AvgIpc) is 3.51. The molecule has 0 spiro atoms. The fraction of sp³-hybridized carbons (Fsp3) is 0.375. The van der Waals surface area contributed by atoms with Crippen molar-refractivity contribution in [1.82, 2.24) is 25.2 Å². The molecule has 1 aliphatic rings. The van der Waals surface area contributed by atoms with E-state index in [9.17, 15) is 27.9 Å². The molecule has 4 rings (SSSR count). The summed E-state index contributed by atoms with van der Waals surface area (Å²) in [4.78, 5) is 37.9. The fourth-order valence-electron chi connectivity index (χ4n) is 3.95. The Bertz CT molecular complexity index is 1280. The lowest BCUT2D eigenvalue weighted by Crippen LogP contribution is -2.38. The number of nitrogens with zero attached hydrogens (tertiary/aromatic N) is 4. The van der Waals surface area contributed by atoms with Crippen LogP contribution in [0.4, 0.5) is 18.0 Å². The molecule has 2 amide bonds. The molecule has 1 aromatic carbocycles. The molecule has 13 heteroatoms. The summed E-state index contributed by atoms with van der Waals surface area (Å²) in [5, 5.41) is 12.8. The van der Waals surface area contributed by atoms with Crippen molar-refractivity contribution in [3.05, 3.63) is 58.6 Å². The Morgan fingerprint density at radius 3 is 2.57 bits per heavy atom. The van der Waals surface area contributed by atoms with Crippen molar-refractivity contribution >= 4 is 23.3 Å². The molecule has 1 aliphatic heterocycles. The number of carbonyl (C=O) groups excluding carboxylic acids is 1. The van der Waals surface area contributed by atoms with E-state index >= 15 is 0 Å². The number of carbonyl (C=O) groups is 2. The Balaban J connectivity index is 1.54. The van der Waals surface area contributed by atoms with Crippen molar-refractivity contribution in [1.29, 1.82) is 0 Å². The molecular weight excluding hydrogens is 511 g/mol. The molecule has 1 saturated heterocycles. The third kappa shape index (κ3) is 6.34. The molecule has 9 nitrogen and oxygen atoms in total. The normalized spacial score (nSPS) is 16.5. The van der Waals surface area contributed by atoms with Crippen LogP contribution in [0.25, 0.3) is 10.6 Å². The quantitative estimate of drug-likeness (QED) is 0.440. The van der Waals surface area contributed by atoms with E-state index < -0.39 is 30.0 Å². The molecule has 196 valence electrons. The van der Waals surface area contributed by atoms with E-state index in [1.165, 1.54) is 22.3 Å². The summed E-state index contributed by atoms with van der Waals surface area (Å²) in [5.41, 5.74) is 1.20. The van der Waals surface area contributed by atoms with Crippen LogP contribution in [-0.2, 0) is 6.18 Å². The van der Waals surface area contributed by atoms with Gasteiger partial charge in [-0.25, -0.2) is 19.7 Å². The van der Waals surface area contributed by atoms with Gasteiger partial charge in [0.1, 0.15) is 17.4 Å². The smallest absolute Gasteiger partial charge is 0.451 e.